The smallest absolute Gasteiger partial charge is 0.241 e. The van der Waals surface area contributed by atoms with Crippen molar-refractivity contribution in [1.82, 2.24) is 25.3 Å². The van der Waals surface area contributed by atoms with Gasteiger partial charge in [0.25, 0.3) is 0 Å². The summed E-state index contributed by atoms with van der Waals surface area (Å²) in [6.45, 7) is 6.33. The van der Waals surface area contributed by atoms with Gasteiger partial charge in [0, 0.05) is 29.0 Å². The van der Waals surface area contributed by atoms with E-state index < -0.39 is 0 Å². The third kappa shape index (κ3) is 6.57. The summed E-state index contributed by atoms with van der Waals surface area (Å²) in [4.78, 5) is 22.1. The fourth-order valence-corrected chi connectivity index (χ4v) is 5.14. The number of halogens is 1. The Morgan fingerprint density at radius 1 is 0.914 bits per heavy atom. The van der Waals surface area contributed by atoms with Crippen LogP contribution >= 0.6 is 15.9 Å². The molecule has 8 heteroatoms. The lowest BCUT2D eigenvalue weighted by molar-refractivity contribution is -0.126. The molecule has 2 aromatic carbocycles. The van der Waals surface area contributed by atoms with Crippen LogP contribution < -0.4 is 5.32 Å². The van der Waals surface area contributed by atoms with Crippen molar-refractivity contribution in [2.24, 2.45) is 5.92 Å². The van der Waals surface area contributed by atoms with Crippen LogP contribution in [0, 0.1) is 5.92 Å². The molecule has 0 atom stereocenters. The van der Waals surface area contributed by atoms with Crippen LogP contribution in [0.3, 0.4) is 0 Å². The Morgan fingerprint density at radius 2 is 1.57 bits per heavy atom. The minimum atomic E-state index is 0.0571. The van der Waals surface area contributed by atoms with Crippen LogP contribution in [0.1, 0.15) is 42.7 Å². The van der Waals surface area contributed by atoms with Gasteiger partial charge in [-0.15, -0.1) is 0 Å². The lowest BCUT2D eigenvalue weighted by atomic mass is 9.96. The van der Waals surface area contributed by atoms with Gasteiger partial charge >= 0.3 is 0 Å². The molecule has 0 radical (unpaired) electrons. The van der Waals surface area contributed by atoms with E-state index in [1.165, 1.54) is 31.5 Å². The van der Waals surface area contributed by atoms with E-state index in [-0.39, 0.29) is 11.8 Å². The summed E-state index contributed by atoms with van der Waals surface area (Å²) in [5, 5.41) is 7.25. The first-order valence-electron chi connectivity index (χ1n) is 12.5. The second kappa shape index (κ2) is 11.5. The molecule has 0 aliphatic carbocycles. The lowest BCUT2D eigenvalue weighted by Crippen LogP contribution is -2.40. The molecule has 3 heterocycles. The molecule has 2 aliphatic heterocycles. The number of benzene rings is 2. The molecule has 184 valence electrons. The van der Waals surface area contributed by atoms with E-state index in [0.717, 1.165) is 48.1 Å². The summed E-state index contributed by atoms with van der Waals surface area (Å²) in [5.74, 6) is 1.42. The molecule has 3 aromatic rings. The van der Waals surface area contributed by atoms with Crippen molar-refractivity contribution >= 4 is 21.8 Å². The number of hydrogen-bond acceptors (Lipinski definition) is 6. The summed E-state index contributed by atoms with van der Waals surface area (Å²) in [5.41, 5.74) is 3.43. The van der Waals surface area contributed by atoms with Gasteiger partial charge in [0.1, 0.15) is 0 Å². The number of carbonyl (C=O) groups is 1. The van der Waals surface area contributed by atoms with Gasteiger partial charge < -0.3 is 9.84 Å². The highest BCUT2D eigenvalue weighted by atomic mass is 79.9. The van der Waals surface area contributed by atoms with Gasteiger partial charge in [0.05, 0.1) is 6.54 Å². The van der Waals surface area contributed by atoms with Gasteiger partial charge in [-0.25, -0.2) is 0 Å². The number of carbonyl (C=O) groups excluding carboxylic acids is 1. The van der Waals surface area contributed by atoms with Crippen LogP contribution in [-0.4, -0.2) is 52.0 Å². The number of nitrogens with one attached hydrogen (secondary N) is 1. The molecule has 0 bridgehead atoms. The minimum Gasteiger partial charge on any atom is -0.352 e. The molecule has 35 heavy (non-hydrogen) atoms. The lowest BCUT2D eigenvalue weighted by Gasteiger charge is -2.30. The highest BCUT2D eigenvalue weighted by Gasteiger charge is 2.26. The predicted molar refractivity (Wildman–Crippen MR) is 138 cm³/mol. The maximum Gasteiger partial charge on any atom is 0.241 e. The molecule has 0 saturated carbocycles. The molecule has 1 amide bonds. The molecule has 5 rings (SSSR count). The van der Waals surface area contributed by atoms with Crippen molar-refractivity contribution in [3.8, 4) is 11.4 Å². The number of amides is 1. The number of rotatable bonds is 8. The SMILES string of the molecule is O=C(NCc1ccc(CN2CCCC2)cc1)C1CCN(Cc2nc(-c3ccc(Br)cc3)no2)CC1. The highest BCUT2D eigenvalue weighted by molar-refractivity contribution is 9.10. The second-order valence-corrected chi connectivity index (χ2v) is 10.5. The first-order chi connectivity index (χ1) is 17.1. The standard InChI is InChI=1S/C27H32BrN5O2/c28-24-9-7-22(8-10-24)26-30-25(35-31-26)19-33-15-11-23(12-16-33)27(34)29-17-20-3-5-21(6-4-20)18-32-13-1-2-14-32/h3-10,23H,1-2,11-19H2,(H,29,34). The zero-order chi connectivity index (χ0) is 24.0. The van der Waals surface area contributed by atoms with E-state index >= 15 is 0 Å². The molecule has 0 spiro atoms. The van der Waals surface area contributed by atoms with Crippen LogP contribution in [0.5, 0.6) is 0 Å². The molecule has 2 saturated heterocycles. The van der Waals surface area contributed by atoms with Crippen molar-refractivity contribution in [2.45, 2.75) is 45.3 Å². The topological polar surface area (TPSA) is 74.5 Å². The largest absolute Gasteiger partial charge is 0.352 e. The quantitative estimate of drug-likeness (QED) is 0.451. The van der Waals surface area contributed by atoms with Gasteiger partial charge in [0.2, 0.25) is 17.6 Å². The number of piperidine rings is 1. The number of nitrogens with zero attached hydrogens (tertiary/aromatic N) is 4. The molecule has 2 aliphatic rings. The van der Waals surface area contributed by atoms with Crippen LogP contribution in [-0.2, 0) is 24.4 Å². The molecule has 1 N–H and O–H groups in total. The molecular formula is C27H32BrN5O2. The van der Waals surface area contributed by atoms with Crippen molar-refractivity contribution < 1.29 is 9.32 Å². The van der Waals surface area contributed by atoms with Gasteiger partial charge in [-0.3, -0.25) is 14.6 Å². The second-order valence-electron chi connectivity index (χ2n) is 9.59. The third-order valence-electron chi connectivity index (χ3n) is 6.98. The van der Waals surface area contributed by atoms with E-state index in [9.17, 15) is 4.79 Å². The van der Waals surface area contributed by atoms with Crippen molar-refractivity contribution in [3.05, 3.63) is 70.0 Å². The summed E-state index contributed by atoms with van der Waals surface area (Å²) < 4.78 is 6.48. The molecule has 7 nitrogen and oxygen atoms in total. The fraction of sp³-hybridized carbons (Fsp3) is 0.444. The van der Waals surface area contributed by atoms with Crippen molar-refractivity contribution in [2.75, 3.05) is 26.2 Å². The van der Waals surface area contributed by atoms with Crippen molar-refractivity contribution in [1.29, 1.82) is 0 Å². The Kier molecular flexibility index (Phi) is 7.91. The van der Waals surface area contributed by atoms with Crippen LogP contribution in [0.2, 0.25) is 0 Å². The van der Waals surface area contributed by atoms with Gasteiger partial charge in [-0.2, -0.15) is 4.98 Å². The predicted octanol–water partition coefficient (Wildman–Crippen LogP) is 4.62. The summed E-state index contributed by atoms with van der Waals surface area (Å²) in [6, 6.07) is 16.5. The fourth-order valence-electron chi connectivity index (χ4n) is 4.87. The van der Waals surface area contributed by atoms with Crippen LogP contribution in [0.25, 0.3) is 11.4 Å². The summed E-state index contributed by atoms with van der Waals surface area (Å²) >= 11 is 3.44. The normalized spacial score (nSPS) is 17.6. The summed E-state index contributed by atoms with van der Waals surface area (Å²) in [6.07, 6.45) is 4.31. The zero-order valence-corrected chi connectivity index (χ0v) is 21.5. The minimum absolute atomic E-state index is 0.0571. The van der Waals surface area contributed by atoms with Gasteiger partial charge in [-0.05, 0) is 87.3 Å². The number of hydrogen-bond donors (Lipinski definition) is 1. The first kappa shape index (κ1) is 24.2. The maximum absolute atomic E-state index is 12.7. The van der Waals surface area contributed by atoms with E-state index in [1.54, 1.807) is 0 Å². The van der Waals surface area contributed by atoms with E-state index in [2.05, 4.69) is 65.5 Å². The number of likely N-dealkylation sites (tertiary alicyclic amines) is 2. The summed E-state index contributed by atoms with van der Waals surface area (Å²) in [7, 11) is 0. The zero-order valence-electron chi connectivity index (χ0n) is 20.0. The Bertz CT molecular complexity index is 1100. The van der Waals surface area contributed by atoms with Crippen molar-refractivity contribution in [3.63, 3.8) is 0 Å². The average molecular weight is 538 g/mol. The highest BCUT2D eigenvalue weighted by Crippen LogP contribution is 2.22. The van der Waals surface area contributed by atoms with Gasteiger partial charge in [0.15, 0.2) is 0 Å². The van der Waals surface area contributed by atoms with Crippen LogP contribution in [0.4, 0.5) is 0 Å². The van der Waals surface area contributed by atoms with Crippen LogP contribution in [0.15, 0.2) is 57.5 Å². The number of aromatic nitrogens is 2. The Hall–Kier alpha value is -2.55. The molecule has 2 fully saturated rings. The van der Waals surface area contributed by atoms with Gasteiger partial charge in [-0.1, -0.05) is 45.4 Å². The average Bonchev–Trinajstić information content (AvgIpc) is 3.57. The van der Waals surface area contributed by atoms with E-state index in [1.807, 2.05) is 24.3 Å². The molecular weight excluding hydrogens is 506 g/mol. The Morgan fingerprint density at radius 3 is 2.29 bits per heavy atom. The van der Waals surface area contributed by atoms with E-state index in [0.29, 0.717) is 24.8 Å². The third-order valence-corrected chi connectivity index (χ3v) is 7.51. The first-order valence-corrected chi connectivity index (χ1v) is 13.3. The monoisotopic (exact) mass is 537 g/mol. The molecule has 0 unspecified atom stereocenters. The molecule has 1 aromatic heterocycles. The van der Waals surface area contributed by atoms with E-state index in [4.69, 9.17) is 4.52 Å². The Labute approximate surface area is 215 Å². The Balaban J connectivity index is 1.04. The maximum atomic E-state index is 12.7.